The summed E-state index contributed by atoms with van der Waals surface area (Å²) in [7, 11) is 4.16. The van der Waals surface area contributed by atoms with Crippen LogP contribution in [-0.4, -0.2) is 44.7 Å². The Balaban J connectivity index is 2.09. The number of likely N-dealkylation sites (tertiary alicyclic amines) is 1. The summed E-state index contributed by atoms with van der Waals surface area (Å²) in [5, 5.41) is 3.32. The third-order valence-corrected chi connectivity index (χ3v) is 4.60. The molecule has 0 amide bonds. The van der Waals surface area contributed by atoms with Crippen LogP contribution in [0.1, 0.15) is 38.3 Å². The molecule has 3 nitrogen and oxygen atoms in total. The van der Waals surface area contributed by atoms with Crippen molar-refractivity contribution in [3.63, 3.8) is 0 Å². The van der Waals surface area contributed by atoms with Crippen LogP contribution in [0.5, 0.6) is 0 Å². The Labute approximate surface area is 128 Å². The van der Waals surface area contributed by atoms with Gasteiger partial charge in [0.25, 0.3) is 0 Å². The van der Waals surface area contributed by atoms with Gasteiger partial charge in [0.1, 0.15) is 5.82 Å². The number of piperidine rings is 1. The topological polar surface area (TPSA) is 18.5 Å². The van der Waals surface area contributed by atoms with Crippen LogP contribution in [0.3, 0.4) is 0 Å². The number of halogens is 1. The second-order valence-electron chi connectivity index (χ2n) is 6.14. The molecule has 1 aliphatic rings. The van der Waals surface area contributed by atoms with Crippen molar-refractivity contribution in [2.45, 2.75) is 38.8 Å². The quantitative estimate of drug-likeness (QED) is 0.900. The molecule has 0 bridgehead atoms. The minimum absolute atomic E-state index is 0.112. The number of hydrogen-bond acceptors (Lipinski definition) is 3. The first kappa shape index (κ1) is 16.2. The van der Waals surface area contributed by atoms with Crippen LogP contribution in [0.15, 0.2) is 18.2 Å². The lowest BCUT2D eigenvalue weighted by Gasteiger charge is -2.36. The van der Waals surface area contributed by atoms with Crippen LogP contribution < -0.4 is 10.2 Å². The molecule has 4 heteroatoms. The maximum Gasteiger partial charge on any atom is 0.146 e. The Morgan fingerprint density at radius 1 is 1.38 bits per heavy atom. The first-order valence-corrected chi connectivity index (χ1v) is 7.97. The van der Waals surface area contributed by atoms with E-state index in [0.717, 1.165) is 43.7 Å². The average Bonchev–Trinajstić information content (AvgIpc) is 2.47. The summed E-state index contributed by atoms with van der Waals surface area (Å²) in [6.07, 6.45) is 2.20. The van der Waals surface area contributed by atoms with E-state index in [4.69, 9.17) is 0 Å². The second-order valence-corrected chi connectivity index (χ2v) is 6.14. The van der Waals surface area contributed by atoms with E-state index in [0.29, 0.717) is 6.04 Å². The molecule has 0 spiro atoms. The van der Waals surface area contributed by atoms with Crippen LogP contribution in [0, 0.1) is 5.82 Å². The van der Waals surface area contributed by atoms with Gasteiger partial charge >= 0.3 is 0 Å². The number of benzene rings is 1. The molecule has 0 aromatic heterocycles. The molecule has 1 heterocycles. The van der Waals surface area contributed by atoms with Gasteiger partial charge in [-0.25, -0.2) is 4.39 Å². The molecule has 1 unspecified atom stereocenters. The third kappa shape index (κ3) is 3.95. The van der Waals surface area contributed by atoms with Crippen LogP contribution in [-0.2, 0) is 0 Å². The summed E-state index contributed by atoms with van der Waals surface area (Å²) < 4.78 is 14.5. The van der Waals surface area contributed by atoms with Crippen LogP contribution >= 0.6 is 0 Å². The highest BCUT2D eigenvalue weighted by molar-refractivity contribution is 5.50. The standard InChI is InChI=1S/C17H28FN3/c1-5-19-13(2)14-6-7-17(16(18)12-14)21(4)15-8-10-20(3)11-9-15/h6-7,12-13,15,19H,5,8-11H2,1-4H3. The highest BCUT2D eigenvalue weighted by Gasteiger charge is 2.22. The number of nitrogens with zero attached hydrogens (tertiary/aromatic N) is 2. The van der Waals surface area contributed by atoms with E-state index in [-0.39, 0.29) is 11.9 Å². The summed E-state index contributed by atoms with van der Waals surface area (Å²) in [6.45, 7) is 7.20. The van der Waals surface area contributed by atoms with E-state index in [9.17, 15) is 4.39 Å². The minimum Gasteiger partial charge on any atom is -0.369 e. The van der Waals surface area contributed by atoms with Gasteiger partial charge in [0.2, 0.25) is 0 Å². The molecule has 1 aromatic carbocycles. The smallest absolute Gasteiger partial charge is 0.146 e. The van der Waals surface area contributed by atoms with Gasteiger partial charge < -0.3 is 15.1 Å². The molecule has 1 aliphatic heterocycles. The fraction of sp³-hybridized carbons (Fsp3) is 0.647. The summed E-state index contributed by atoms with van der Waals surface area (Å²) >= 11 is 0. The van der Waals surface area contributed by atoms with E-state index >= 15 is 0 Å². The lowest BCUT2D eigenvalue weighted by Crippen LogP contribution is -2.42. The van der Waals surface area contributed by atoms with Gasteiger partial charge in [0, 0.05) is 19.1 Å². The molecule has 1 atom stereocenters. The summed E-state index contributed by atoms with van der Waals surface area (Å²) in [6, 6.07) is 6.27. The molecule has 0 saturated carbocycles. The lowest BCUT2D eigenvalue weighted by molar-refractivity contribution is 0.252. The van der Waals surface area contributed by atoms with Crippen molar-refractivity contribution >= 4 is 5.69 Å². The molecular formula is C17H28FN3. The molecule has 0 radical (unpaired) electrons. The molecule has 0 aliphatic carbocycles. The summed E-state index contributed by atoms with van der Waals surface area (Å²) in [5.41, 5.74) is 1.73. The Morgan fingerprint density at radius 2 is 2.05 bits per heavy atom. The van der Waals surface area contributed by atoms with Gasteiger partial charge in [-0.2, -0.15) is 0 Å². The second kappa shape index (κ2) is 7.23. The van der Waals surface area contributed by atoms with Gasteiger partial charge in [-0.05, 0) is 64.1 Å². The van der Waals surface area contributed by atoms with E-state index in [1.54, 1.807) is 6.07 Å². The largest absolute Gasteiger partial charge is 0.369 e. The molecular weight excluding hydrogens is 265 g/mol. The Hall–Kier alpha value is -1.13. The van der Waals surface area contributed by atoms with Gasteiger partial charge in [-0.1, -0.05) is 13.0 Å². The van der Waals surface area contributed by atoms with Crippen LogP contribution in [0.25, 0.3) is 0 Å². The Morgan fingerprint density at radius 3 is 2.62 bits per heavy atom. The van der Waals surface area contributed by atoms with Gasteiger partial charge in [0.15, 0.2) is 0 Å². The number of anilines is 1. The van der Waals surface area contributed by atoms with E-state index in [1.165, 1.54) is 0 Å². The van der Waals surface area contributed by atoms with E-state index in [1.807, 2.05) is 19.2 Å². The predicted molar refractivity (Wildman–Crippen MR) is 87.4 cm³/mol. The monoisotopic (exact) mass is 293 g/mol. The van der Waals surface area contributed by atoms with Crippen molar-refractivity contribution in [2.75, 3.05) is 38.6 Å². The van der Waals surface area contributed by atoms with Crippen LogP contribution in [0.2, 0.25) is 0 Å². The number of hydrogen-bond donors (Lipinski definition) is 1. The molecule has 2 rings (SSSR count). The zero-order chi connectivity index (χ0) is 15.4. The summed E-state index contributed by atoms with van der Waals surface area (Å²) in [5.74, 6) is -0.112. The highest BCUT2D eigenvalue weighted by Crippen LogP contribution is 2.26. The maximum absolute atomic E-state index is 14.5. The molecule has 21 heavy (non-hydrogen) atoms. The molecule has 1 saturated heterocycles. The molecule has 1 aromatic rings. The van der Waals surface area contributed by atoms with Crippen LogP contribution in [0.4, 0.5) is 10.1 Å². The first-order chi connectivity index (χ1) is 10.0. The molecule has 118 valence electrons. The first-order valence-electron chi connectivity index (χ1n) is 7.97. The summed E-state index contributed by atoms with van der Waals surface area (Å²) in [4.78, 5) is 4.45. The number of rotatable bonds is 5. The van der Waals surface area contributed by atoms with Crippen molar-refractivity contribution in [3.05, 3.63) is 29.6 Å². The SMILES string of the molecule is CCNC(C)c1ccc(N(C)C2CCN(C)CC2)c(F)c1. The van der Waals surface area contributed by atoms with E-state index in [2.05, 4.69) is 36.0 Å². The molecule has 1 N–H and O–H groups in total. The van der Waals surface area contributed by atoms with Gasteiger partial charge in [-0.3, -0.25) is 0 Å². The van der Waals surface area contributed by atoms with Crippen molar-refractivity contribution in [2.24, 2.45) is 0 Å². The van der Waals surface area contributed by atoms with Crippen molar-refractivity contribution < 1.29 is 4.39 Å². The zero-order valence-electron chi connectivity index (χ0n) is 13.7. The normalized spacial score (nSPS) is 18.7. The lowest BCUT2D eigenvalue weighted by atomic mass is 10.0. The molecule has 1 fully saturated rings. The minimum atomic E-state index is -0.112. The predicted octanol–water partition coefficient (Wildman–Crippen LogP) is 3.03. The highest BCUT2D eigenvalue weighted by atomic mass is 19.1. The van der Waals surface area contributed by atoms with Crippen molar-refractivity contribution in [1.29, 1.82) is 0 Å². The van der Waals surface area contributed by atoms with Gasteiger partial charge in [0.05, 0.1) is 5.69 Å². The third-order valence-electron chi connectivity index (χ3n) is 4.60. The fourth-order valence-electron chi connectivity index (χ4n) is 3.08. The van der Waals surface area contributed by atoms with Gasteiger partial charge in [-0.15, -0.1) is 0 Å². The van der Waals surface area contributed by atoms with Crippen molar-refractivity contribution in [1.82, 2.24) is 10.2 Å². The Bertz CT molecular complexity index is 455. The number of nitrogens with one attached hydrogen (secondary N) is 1. The average molecular weight is 293 g/mol. The maximum atomic E-state index is 14.5. The van der Waals surface area contributed by atoms with E-state index < -0.39 is 0 Å². The zero-order valence-corrected chi connectivity index (χ0v) is 13.7. The fourth-order valence-corrected chi connectivity index (χ4v) is 3.08. The van der Waals surface area contributed by atoms with Crippen molar-refractivity contribution in [3.8, 4) is 0 Å². The Kier molecular flexibility index (Phi) is 5.59.